The lowest BCUT2D eigenvalue weighted by Crippen LogP contribution is -2.40. The summed E-state index contributed by atoms with van der Waals surface area (Å²) < 4.78 is 8.71. The number of nitrogens with one attached hydrogen (secondary N) is 1. The van der Waals surface area contributed by atoms with Gasteiger partial charge in [-0.05, 0) is 19.1 Å². The summed E-state index contributed by atoms with van der Waals surface area (Å²) in [5.74, 6) is 1.69. The summed E-state index contributed by atoms with van der Waals surface area (Å²) in [7, 11) is 0. The third kappa shape index (κ3) is 3.67. The molecule has 1 aliphatic rings. The predicted octanol–water partition coefficient (Wildman–Crippen LogP) is 2.77. The van der Waals surface area contributed by atoms with Crippen LogP contribution in [0.5, 0.6) is 5.75 Å². The van der Waals surface area contributed by atoms with Gasteiger partial charge in [-0.15, -0.1) is 0 Å². The molecule has 1 aromatic heterocycles. The molecule has 2 amide bonds. The fourth-order valence-corrected chi connectivity index (χ4v) is 2.92. The molecule has 2 heterocycles. The van der Waals surface area contributed by atoms with Crippen LogP contribution in [-0.2, 0) is 19.6 Å². The summed E-state index contributed by atoms with van der Waals surface area (Å²) in [5, 5.41) is 2.94. The molecular formula is C16H19BrN4O2. The van der Waals surface area contributed by atoms with E-state index in [1.165, 1.54) is 0 Å². The highest BCUT2D eigenvalue weighted by Crippen LogP contribution is 2.26. The average molecular weight is 379 g/mol. The van der Waals surface area contributed by atoms with Crippen LogP contribution >= 0.6 is 15.9 Å². The number of halogens is 1. The van der Waals surface area contributed by atoms with Crippen molar-refractivity contribution in [1.29, 1.82) is 0 Å². The molecule has 23 heavy (non-hydrogen) atoms. The van der Waals surface area contributed by atoms with E-state index >= 15 is 0 Å². The maximum atomic E-state index is 12.4. The Labute approximate surface area is 143 Å². The van der Waals surface area contributed by atoms with Crippen LogP contribution in [0.25, 0.3) is 0 Å². The second-order valence-corrected chi connectivity index (χ2v) is 6.23. The van der Waals surface area contributed by atoms with Crippen molar-refractivity contribution in [3.05, 3.63) is 46.5 Å². The van der Waals surface area contributed by atoms with Gasteiger partial charge >= 0.3 is 6.03 Å². The minimum atomic E-state index is -0.102. The van der Waals surface area contributed by atoms with Crippen LogP contribution < -0.4 is 10.1 Å². The minimum Gasteiger partial charge on any atom is -0.491 e. The third-order valence-electron chi connectivity index (χ3n) is 3.84. The van der Waals surface area contributed by atoms with Crippen molar-refractivity contribution in [3.8, 4) is 5.75 Å². The standard InChI is InChI=1S/C16H19BrN4O2/c1-2-20-6-5-18-15(20)10-19-16(22)21-7-8-23-14-9-13(17)4-3-12(14)11-21/h3-6,9H,2,7-8,10-11H2,1H3,(H,19,22). The first kappa shape index (κ1) is 15.9. The van der Waals surface area contributed by atoms with Crippen LogP contribution in [-0.4, -0.2) is 33.6 Å². The molecule has 0 saturated heterocycles. The molecule has 1 N–H and O–H groups in total. The van der Waals surface area contributed by atoms with Gasteiger partial charge in [-0.25, -0.2) is 9.78 Å². The van der Waals surface area contributed by atoms with Crippen LogP contribution in [0.1, 0.15) is 18.3 Å². The molecule has 0 bridgehead atoms. The predicted molar refractivity (Wildman–Crippen MR) is 90.2 cm³/mol. The van der Waals surface area contributed by atoms with Gasteiger partial charge in [0.25, 0.3) is 0 Å². The molecule has 0 spiro atoms. The Morgan fingerprint density at radius 2 is 2.35 bits per heavy atom. The number of urea groups is 1. The quantitative estimate of drug-likeness (QED) is 0.892. The van der Waals surface area contributed by atoms with Crippen molar-refractivity contribution in [2.75, 3.05) is 13.2 Å². The Kier molecular flexibility index (Phi) is 4.85. The molecule has 122 valence electrons. The van der Waals surface area contributed by atoms with Crippen LogP contribution in [0.3, 0.4) is 0 Å². The first-order valence-corrected chi connectivity index (χ1v) is 8.40. The molecule has 0 unspecified atom stereocenters. The van der Waals surface area contributed by atoms with E-state index in [1.807, 2.05) is 35.9 Å². The lowest BCUT2D eigenvalue weighted by atomic mass is 10.2. The van der Waals surface area contributed by atoms with Crippen molar-refractivity contribution in [2.45, 2.75) is 26.6 Å². The van der Waals surface area contributed by atoms with Gasteiger partial charge in [-0.2, -0.15) is 0 Å². The topological polar surface area (TPSA) is 59.4 Å². The fourth-order valence-electron chi connectivity index (χ4n) is 2.58. The van der Waals surface area contributed by atoms with Gasteiger partial charge in [0.05, 0.1) is 19.6 Å². The summed E-state index contributed by atoms with van der Waals surface area (Å²) >= 11 is 3.44. The number of aryl methyl sites for hydroxylation is 1. The molecule has 7 heteroatoms. The van der Waals surface area contributed by atoms with E-state index in [4.69, 9.17) is 4.74 Å². The number of aromatic nitrogens is 2. The van der Waals surface area contributed by atoms with Crippen molar-refractivity contribution in [3.63, 3.8) is 0 Å². The van der Waals surface area contributed by atoms with E-state index in [0.29, 0.717) is 26.2 Å². The zero-order chi connectivity index (χ0) is 16.2. The first-order valence-electron chi connectivity index (χ1n) is 7.61. The van der Waals surface area contributed by atoms with Gasteiger partial charge in [-0.1, -0.05) is 22.0 Å². The van der Waals surface area contributed by atoms with E-state index in [9.17, 15) is 4.79 Å². The van der Waals surface area contributed by atoms with Gasteiger partial charge in [0.2, 0.25) is 0 Å². The zero-order valence-electron chi connectivity index (χ0n) is 13.0. The SMILES string of the molecule is CCn1ccnc1CNC(=O)N1CCOc2cc(Br)ccc2C1. The number of rotatable bonds is 3. The summed E-state index contributed by atoms with van der Waals surface area (Å²) in [6, 6.07) is 5.78. The highest BCUT2D eigenvalue weighted by Gasteiger charge is 2.20. The molecule has 1 aromatic carbocycles. The van der Waals surface area contributed by atoms with E-state index < -0.39 is 0 Å². The van der Waals surface area contributed by atoms with Gasteiger partial charge in [0, 0.05) is 29.0 Å². The number of fused-ring (bicyclic) bond motifs is 1. The van der Waals surface area contributed by atoms with E-state index in [2.05, 4.69) is 26.2 Å². The maximum Gasteiger partial charge on any atom is 0.318 e. The van der Waals surface area contributed by atoms with Crippen molar-refractivity contribution < 1.29 is 9.53 Å². The van der Waals surface area contributed by atoms with Gasteiger partial charge in [0.1, 0.15) is 18.2 Å². The lowest BCUT2D eigenvalue weighted by molar-refractivity contribution is 0.187. The minimum absolute atomic E-state index is 0.102. The molecule has 1 aliphatic heterocycles. The Bertz CT molecular complexity index is 701. The van der Waals surface area contributed by atoms with Crippen LogP contribution in [0.15, 0.2) is 35.1 Å². The highest BCUT2D eigenvalue weighted by molar-refractivity contribution is 9.10. The number of imidazole rings is 1. The molecular weight excluding hydrogens is 360 g/mol. The monoisotopic (exact) mass is 378 g/mol. The Morgan fingerprint density at radius 1 is 1.48 bits per heavy atom. The maximum absolute atomic E-state index is 12.4. The van der Waals surface area contributed by atoms with Gasteiger partial charge in [-0.3, -0.25) is 0 Å². The van der Waals surface area contributed by atoms with Crippen LogP contribution in [0, 0.1) is 0 Å². The molecule has 0 saturated carbocycles. The molecule has 0 radical (unpaired) electrons. The van der Waals surface area contributed by atoms with Crippen molar-refractivity contribution >= 4 is 22.0 Å². The number of carbonyl (C=O) groups excluding carboxylic acids is 1. The number of ether oxygens (including phenoxy) is 1. The number of benzene rings is 1. The van der Waals surface area contributed by atoms with E-state index in [1.54, 1.807) is 11.1 Å². The van der Waals surface area contributed by atoms with Crippen molar-refractivity contribution in [2.24, 2.45) is 0 Å². The lowest BCUT2D eigenvalue weighted by Gasteiger charge is -2.20. The summed E-state index contributed by atoms with van der Waals surface area (Å²) in [4.78, 5) is 18.5. The summed E-state index contributed by atoms with van der Waals surface area (Å²) in [5.41, 5.74) is 1.01. The summed E-state index contributed by atoms with van der Waals surface area (Å²) in [6.07, 6.45) is 3.66. The largest absolute Gasteiger partial charge is 0.491 e. The Morgan fingerprint density at radius 3 is 3.17 bits per heavy atom. The fraction of sp³-hybridized carbons (Fsp3) is 0.375. The second-order valence-electron chi connectivity index (χ2n) is 5.31. The van der Waals surface area contributed by atoms with Crippen LogP contribution in [0.4, 0.5) is 4.79 Å². The molecule has 6 nitrogen and oxygen atoms in total. The van der Waals surface area contributed by atoms with Gasteiger partial charge < -0.3 is 19.5 Å². The normalized spacial score (nSPS) is 13.9. The number of hydrogen-bond acceptors (Lipinski definition) is 3. The summed E-state index contributed by atoms with van der Waals surface area (Å²) in [6.45, 7) is 4.89. The number of hydrogen-bond donors (Lipinski definition) is 1. The smallest absolute Gasteiger partial charge is 0.318 e. The number of nitrogens with zero attached hydrogens (tertiary/aromatic N) is 3. The Hall–Kier alpha value is -2.02. The zero-order valence-corrected chi connectivity index (χ0v) is 14.5. The van der Waals surface area contributed by atoms with E-state index in [-0.39, 0.29) is 6.03 Å². The molecule has 0 atom stereocenters. The molecule has 3 rings (SSSR count). The molecule has 0 aliphatic carbocycles. The number of amides is 2. The van der Waals surface area contributed by atoms with Gasteiger partial charge in [0.15, 0.2) is 0 Å². The second kappa shape index (κ2) is 7.04. The number of carbonyl (C=O) groups is 1. The van der Waals surface area contributed by atoms with E-state index in [0.717, 1.165) is 28.2 Å². The average Bonchev–Trinajstić information content (AvgIpc) is 2.90. The van der Waals surface area contributed by atoms with Crippen molar-refractivity contribution in [1.82, 2.24) is 19.8 Å². The Balaban J connectivity index is 1.64. The van der Waals surface area contributed by atoms with Crippen LogP contribution in [0.2, 0.25) is 0 Å². The first-order chi connectivity index (χ1) is 11.2. The third-order valence-corrected chi connectivity index (χ3v) is 4.33. The highest BCUT2D eigenvalue weighted by atomic mass is 79.9. The molecule has 0 fully saturated rings. The molecule has 2 aromatic rings.